The van der Waals surface area contributed by atoms with E-state index in [2.05, 4.69) is 10.2 Å². The van der Waals surface area contributed by atoms with Gasteiger partial charge in [-0.3, -0.25) is 4.90 Å². The van der Waals surface area contributed by atoms with Crippen molar-refractivity contribution in [2.75, 3.05) is 32.8 Å². The van der Waals surface area contributed by atoms with Gasteiger partial charge in [0, 0.05) is 68.5 Å². The Bertz CT molecular complexity index is 1370. The molecule has 6 nitrogen and oxygen atoms in total. The Hall–Kier alpha value is -3.70. The molecule has 0 spiro atoms. The molecule has 1 unspecified atom stereocenters. The molecule has 0 bridgehead atoms. The van der Waals surface area contributed by atoms with Crippen molar-refractivity contribution in [3.63, 3.8) is 0 Å². The van der Waals surface area contributed by atoms with Crippen molar-refractivity contribution in [2.24, 2.45) is 11.8 Å². The van der Waals surface area contributed by atoms with Crippen LogP contribution in [0.15, 0.2) is 54.6 Å². The summed E-state index contributed by atoms with van der Waals surface area (Å²) in [4.78, 5) is 14.5. The molecule has 42 heavy (non-hydrogen) atoms. The Labute approximate surface area is 240 Å². The van der Waals surface area contributed by atoms with Crippen molar-refractivity contribution in [1.29, 1.82) is 0 Å². The van der Waals surface area contributed by atoms with E-state index in [0.717, 1.165) is 42.9 Å². The van der Waals surface area contributed by atoms with Crippen LogP contribution in [0.3, 0.4) is 0 Å². The van der Waals surface area contributed by atoms with Gasteiger partial charge in [-0.15, -0.1) is 0 Å². The van der Waals surface area contributed by atoms with Gasteiger partial charge in [0.05, 0.1) is 6.61 Å². The minimum absolute atomic E-state index is 0.109. The first kappa shape index (κ1) is 29.8. The summed E-state index contributed by atoms with van der Waals surface area (Å²) in [7, 11) is 0. The zero-order valence-electron chi connectivity index (χ0n) is 22.9. The molecule has 5 rings (SSSR count). The number of esters is 1. The van der Waals surface area contributed by atoms with Gasteiger partial charge in [0.1, 0.15) is 35.6 Å². The van der Waals surface area contributed by atoms with Crippen molar-refractivity contribution < 1.29 is 41.0 Å². The number of halogens is 5. The zero-order valence-corrected chi connectivity index (χ0v) is 22.9. The summed E-state index contributed by atoms with van der Waals surface area (Å²) in [5.74, 6) is -3.85. The summed E-state index contributed by atoms with van der Waals surface area (Å²) in [5.41, 5.74) is 0.902. The Morgan fingerprint density at radius 3 is 2.24 bits per heavy atom. The van der Waals surface area contributed by atoms with Gasteiger partial charge in [-0.2, -0.15) is 0 Å². The Morgan fingerprint density at radius 2 is 1.57 bits per heavy atom. The molecular weight excluding hydrogens is 559 g/mol. The summed E-state index contributed by atoms with van der Waals surface area (Å²) >= 11 is 0. The lowest BCUT2D eigenvalue weighted by Gasteiger charge is -2.20. The minimum Gasteiger partial charge on any atom is -0.492 e. The van der Waals surface area contributed by atoms with Gasteiger partial charge < -0.3 is 19.5 Å². The van der Waals surface area contributed by atoms with Crippen molar-refractivity contribution in [2.45, 2.75) is 32.0 Å². The second-order valence-corrected chi connectivity index (χ2v) is 10.5. The molecule has 4 atom stereocenters. The summed E-state index contributed by atoms with van der Waals surface area (Å²) in [6, 6.07) is 11.7. The van der Waals surface area contributed by atoms with Crippen LogP contribution in [0.4, 0.5) is 22.0 Å². The van der Waals surface area contributed by atoms with E-state index in [1.165, 1.54) is 0 Å². The maximum Gasteiger partial charge on any atom is 0.347 e. The number of carbonyl (C=O) groups is 1. The molecule has 224 valence electrons. The molecule has 0 radical (unpaired) electrons. The number of likely N-dealkylation sites (tertiary alicyclic amines) is 1. The minimum atomic E-state index is -1.18. The Morgan fingerprint density at radius 1 is 0.905 bits per heavy atom. The average molecular weight is 591 g/mol. The summed E-state index contributed by atoms with van der Waals surface area (Å²) in [6.45, 7) is 4.61. The normalized spacial score (nSPS) is 20.2. The van der Waals surface area contributed by atoms with Crippen LogP contribution in [-0.2, 0) is 22.5 Å². The molecule has 1 N–H and O–H groups in total. The number of fused-ring (bicyclic) bond motifs is 1. The number of nitrogens with one attached hydrogen (secondary N) is 1. The van der Waals surface area contributed by atoms with Gasteiger partial charge in [0.25, 0.3) is 0 Å². The lowest BCUT2D eigenvalue weighted by Crippen LogP contribution is -2.33. The van der Waals surface area contributed by atoms with Crippen molar-refractivity contribution in [3.8, 4) is 11.5 Å². The zero-order chi connectivity index (χ0) is 29.8. The molecule has 3 aromatic carbocycles. The third-order valence-electron chi connectivity index (χ3n) is 7.51. The molecule has 1 aliphatic heterocycles. The molecular formula is C31H31F5N2O4. The van der Waals surface area contributed by atoms with Crippen LogP contribution in [0.25, 0.3) is 0 Å². The van der Waals surface area contributed by atoms with E-state index in [0.29, 0.717) is 42.8 Å². The van der Waals surface area contributed by atoms with Crippen LogP contribution >= 0.6 is 0 Å². The second kappa shape index (κ2) is 13.1. The maximum atomic E-state index is 14.0. The lowest BCUT2D eigenvalue weighted by molar-refractivity contribution is -0.151. The molecule has 1 aliphatic carbocycles. The summed E-state index contributed by atoms with van der Waals surface area (Å²) in [5, 5.41) is 3.48. The van der Waals surface area contributed by atoms with Gasteiger partial charge in [-0.1, -0.05) is 12.1 Å². The number of hydrogen-bond acceptors (Lipinski definition) is 6. The largest absolute Gasteiger partial charge is 0.492 e. The van der Waals surface area contributed by atoms with Crippen molar-refractivity contribution in [1.82, 2.24) is 10.2 Å². The molecule has 2 aliphatic rings. The van der Waals surface area contributed by atoms with E-state index < -0.39 is 41.2 Å². The highest BCUT2D eigenvalue weighted by atomic mass is 19.2. The van der Waals surface area contributed by atoms with Crippen molar-refractivity contribution in [3.05, 3.63) is 94.8 Å². The van der Waals surface area contributed by atoms with Crippen LogP contribution in [-0.4, -0.2) is 55.9 Å². The molecule has 1 saturated carbocycles. The first-order chi connectivity index (χ1) is 20.2. The molecule has 1 heterocycles. The Balaban J connectivity index is 1.04. The van der Waals surface area contributed by atoms with Gasteiger partial charge in [-0.05, 0) is 42.5 Å². The van der Waals surface area contributed by atoms with Gasteiger partial charge in [-0.25, -0.2) is 26.7 Å². The van der Waals surface area contributed by atoms with Gasteiger partial charge in [0.2, 0.25) is 0 Å². The van der Waals surface area contributed by atoms with E-state index in [4.69, 9.17) is 14.2 Å². The quantitative estimate of drug-likeness (QED) is 0.130. The second-order valence-electron chi connectivity index (χ2n) is 10.5. The highest BCUT2D eigenvalue weighted by molar-refractivity contribution is 5.75. The first-order valence-corrected chi connectivity index (χ1v) is 13.8. The van der Waals surface area contributed by atoms with Gasteiger partial charge >= 0.3 is 5.97 Å². The molecule has 0 amide bonds. The number of benzene rings is 3. The predicted octanol–water partition coefficient (Wildman–Crippen LogP) is 5.03. The van der Waals surface area contributed by atoms with Crippen LogP contribution < -0.4 is 14.8 Å². The lowest BCUT2D eigenvalue weighted by atomic mass is 10.1. The van der Waals surface area contributed by atoms with Gasteiger partial charge in [0.15, 0.2) is 17.7 Å². The van der Waals surface area contributed by atoms with Crippen LogP contribution in [0.5, 0.6) is 11.5 Å². The number of piperidine rings is 1. The number of rotatable bonds is 13. The van der Waals surface area contributed by atoms with E-state index in [9.17, 15) is 26.7 Å². The highest BCUT2D eigenvalue weighted by Crippen LogP contribution is 2.45. The van der Waals surface area contributed by atoms with E-state index in [1.54, 1.807) is 31.2 Å². The summed E-state index contributed by atoms with van der Waals surface area (Å²) < 4.78 is 84.2. The third-order valence-corrected chi connectivity index (χ3v) is 7.51. The number of ether oxygens (including phenoxy) is 3. The molecule has 3 aromatic rings. The number of carbonyl (C=O) groups excluding carboxylic acids is 1. The predicted molar refractivity (Wildman–Crippen MR) is 143 cm³/mol. The summed E-state index contributed by atoms with van der Waals surface area (Å²) in [6.07, 6.45) is -0.963. The topological polar surface area (TPSA) is 60.0 Å². The van der Waals surface area contributed by atoms with Crippen LogP contribution in [0.1, 0.15) is 18.1 Å². The third kappa shape index (κ3) is 7.38. The fourth-order valence-electron chi connectivity index (χ4n) is 5.47. The molecule has 11 heteroatoms. The highest BCUT2D eigenvalue weighted by Gasteiger charge is 2.55. The fraction of sp³-hybridized carbons (Fsp3) is 0.387. The van der Waals surface area contributed by atoms with Crippen molar-refractivity contribution >= 4 is 5.97 Å². The maximum absolute atomic E-state index is 14.0. The first-order valence-electron chi connectivity index (χ1n) is 13.8. The van der Waals surface area contributed by atoms with E-state index >= 15 is 0 Å². The van der Waals surface area contributed by atoms with Crippen LogP contribution in [0, 0.1) is 40.9 Å². The average Bonchev–Trinajstić information content (AvgIpc) is 3.39. The monoisotopic (exact) mass is 590 g/mol. The van der Waals surface area contributed by atoms with E-state index in [1.807, 2.05) is 0 Å². The molecule has 1 saturated heterocycles. The van der Waals surface area contributed by atoms with E-state index in [-0.39, 0.29) is 30.9 Å². The SMILES string of the molecule is CCOC(=O)[C@H](Cc1ccc(OCCNC2[C@H]3CN(Cc4cc(F)c(F)cc4F)C[C@@H]23)cc1)Oc1cc(F)cc(F)c1. The van der Waals surface area contributed by atoms with Crippen LogP contribution in [0.2, 0.25) is 0 Å². The Kier molecular flexibility index (Phi) is 9.27. The fourth-order valence-corrected chi connectivity index (χ4v) is 5.47. The molecule has 2 fully saturated rings. The standard InChI is InChI=1S/C31H31F5N2O4/c1-2-40-31(39)29(42-23-12-20(32)11-21(33)13-23)9-18-3-5-22(6-4-18)41-8-7-37-30-24-16-38(17-25(24)30)15-19-10-27(35)28(36)14-26(19)34/h3-6,10-14,24-25,29-30,37H,2,7-9,15-17H2,1H3/t24-,25+,29-,30?/m0/s1. The number of hydrogen-bond donors (Lipinski definition) is 1. The molecule has 0 aromatic heterocycles. The smallest absolute Gasteiger partial charge is 0.347 e. The number of nitrogens with zero attached hydrogens (tertiary/aromatic N) is 1.